The molecule has 2 aromatic rings. The number of methoxy groups -OCH3 is 2. The van der Waals surface area contributed by atoms with Crippen molar-refractivity contribution in [3.05, 3.63) is 53.1 Å². The zero-order chi connectivity index (χ0) is 23.2. The summed E-state index contributed by atoms with van der Waals surface area (Å²) in [5, 5.41) is 8.73. The molecule has 2 rings (SSSR count). The smallest absolute Gasteiger partial charge is 0.228 e. The Morgan fingerprint density at radius 1 is 1.03 bits per heavy atom. The van der Waals surface area contributed by atoms with Gasteiger partial charge in [-0.25, -0.2) is 0 Å². The largest absolute Gasteiger partial charge is 0.497 e. The van der Waals surface area contributed by atoms with Crippen LogP contribution in [-0.4, -0.2) is 35.2 Å². The number of hydrogen-bond acceptors (Lipinski definition) is 4. The molecule has 10 heteroatoms. The predicted molar refractivity (Wildman–Crippen MR) is 131 cm³/mol. The van der Waals surface area contributed by atoms with E-state index in [0.29, 0.717) is 17.1 Å². The van der Waals surface area contributed by atoms with Gasteiger partial charge in [0.05, 0.1) is 20.6 Å². The number of alkyl halides is 3. The molecule has 3 N–H and O–H groups in total. The molecule has 0 bridgehead atoms. The molecule has 0 fully saturated rings. The van der Waals surface area contributed by atoms with Crippen LogP contribution in [0.4, 0.5) is 5.69 Å². The normalized spacial score (nSPS) is 12.0. The third kappa shape index (κ3) is 7.61. The number of benzene rings is 2. The van der Waals surface area contributed by atoms with Crippen LogP contribution in [0.25, 0.3) is 0 Å². The number of halogens is 3. The summed E-state index contributed by atoms with van der Waals surface area (Å²) in [5.41, 5.74) is 3.69. The maximum absolute atomic E-state index is 12.6. The first-order valence-electron chi connectivity index (χ1n) is 9.25. The second-order valence-corrected chi connectivity index (χ2v) is 9.57. The van der Waals surface area contributed by atoms with E-state index in [1.165, 1.54) is 7.11 Å². The molecule has 1 atom stereocenters. The van der Waals surface area contributed by atoms with Gasteiger partial charge in [0.1, 0.15) is 17.7 Å². The van der Waals surface area contributed by atoms with Crippen LogP contribution in [0.2, 0.25) is 0 Å². The summed E-state index contributed by atoms with van der Waals surface area (Å²) in [6, 6.07) is 11.0. The Bertz CT molecular complexity index is 951. The molecule has 6 nitrogen and oxygen atoms in total. The molecule has 0 aliphatic heterocycles. The lowest BCUT2D eigenvalue weighted by atomic mass is 10.1. The molecule has 0 radical (unpaired) electrons. The molecule has 2 aromatic carbocycles. The molecule has 0 aliphatic rings. The van der Waals surface area contributed by atoms with E-state index in [1.807, 2.05) is 32.0 Å². The maximum atomic E-state index is 12.6. The van der Waals surface area contributed by atoms with Crippen molar-refractivity contribution in [3.8, 4) is 11.5 Å². The Hall–Kier alpha value is -1.93. The van der Waals surface area contributed by atoms with Crippen molar-refractivity contribution in [1.82, 2.24) is 10.6 Å². The summed E-state index contributed by atoms with van der Waals surface area (Å²) in [5.74, 6) is 0.741. The van der Waals surface area contributed by atoms with Crippen molar-refractivity contribution in [2.75, 3.05) is 19.5 Å². The molecule has 168 valence electrons. The topological polar surface area (TPSA) is 71.6 Å². The van der Waals surface area contributed by atoms with E-state index < -0.39 is 9.96 Å². The van der Waals surface area contributed by atoms with Gasteiger partial charge in [-0.15, -0.1) is 0 Å². The highest BCUT2D eigenvalue weighted by molar-refractivity contribution is 7.80. The van der Waals surface area contributed by atoms with Crippen LogP contribution in [0.5, 0.6) is 11.5 Å². The van der Waals surface area contributed by atoms with Gasteiger partial charge >= 0.3 is 0 Å². The number of carbonyl (C=O) groups is 1. The fourth-order valence-electron chi connectivity index (χ4n) is 2.70. The number of anilines is 1. The van der Waals surface area contributed by atoms with E-state index in [1.54, 1.807) is 25.3 Å². The zero-order valence-electron chi connectivity index (χ0n) is 17.5. The van der Waals surface area contributed by atoms with Crippen molar-refractivity contribution in [2.24, 2.45) is 0 Å². The van der Waals surface area contributed by atoms with Crippen molar-refractivity contribution < 1.29 is 14.3 Å². The van der Waals surface area contributed by atoms with Gasteiger partial charge in [0.15, 0.2) is 5.11 Å². The average Bonchev–Trinajstić information content (AvgIpc) is 2.69. The van der Waals surface area contributed by atoms with Gasteiger partial charge in [0.2, 0.25) is 9.70 Å². The van der Waals surface area contributed by atoms with E-state index in [-0.39, 0.29) is 17.4 Å². The fourth-order valence-corrected chi connectivity index (χ4v) is 3.26. The molecular formula is C21H24Cl3N3O3S. The van der Waals surface area contributed by atoms with Crippen molar-refractivity contribution in [3.63, 3.8) is 0 Å². The lowest BCUT2D eigenvalue weighted by Gasteiger charge is -2.28. The number of hydrogen-bond donors (Lipinski definition) is 3. The van der Waals surface area contributed by atoms with Crippen LogP contribution in [-0.2, 0) is 11.2 Å². The minimum absolute atomic E-state index is 0.00341. The van der Waals surface area contributed by atoms with Gasteiger partial charge in [-0.05, 0) is 55.4 Å². The number of amides is 1. The Morgan fingerprint density at radius 3 is 2.32 bits per heavy atom. The van der Waals surface area contributed by atoms with Crippen LogP contribution >= 0.6 is 47.0 Å². The predicted octanol–water partition coefficient (Wildman–Crippen LogP) is 4.66. The lowest BCUT2D eigenvalue weighted by molar-refractivity contribution is -0.121. The van der Waals surface area contributed by atoms with Crippen LogP contribution in [0, 0.1) is 13.8 Å². The zero-order valence-corrected chi connectivity index (χ0v) is 20.6. The first kappa shape index (κ1) is 25.3. The minimum atomic E-state index is -1.85. The number of thiocarbonyl (C=S) groups is 1. The monoisotopic (exact) mass is 503 g/mol. The highest BCUT2D eigenvalue weighted by atomic mass is 35.6. The second kappa shape index (κ2) is 11.1. The Morgan fingerprint density at radius 2 is 1.74 bits per heavy atom. The quantitative estimate of drug-likeness (QED) is 0.289. The first-order valence-corrected chi connectivity index (χ1v) is 10.8. The number of rotatable bonds is 7. The van der Waals surface area contributed by atoms with Gasteiger partial charge in [0, 0.05) is 17.3 Å². The molecule has 31 heavy (non-hydrogen) atoms. The van der Waals surface area contributed by atoms with Crippen LogP contribution < -0.4 is 25.4 Å². The van der Waals surface area contributed by atoms with Crippen molar-refractivity contribution >= 4 is 63.7 Å². The van der Waals surface area contributed by atoms with Gasteiger partial charge in [-0.2, -0.15) is 0 Å². The summed E-state index contributed by atoms with van der Waals surface area (Å²) in [4.78, 5) is 12.6. The van der Waals surface area contributed by atoms with E-state index in [9.17, 15) is 4.79 Å². The average molecular weight is 505 g/mol. The summed E-state index contributed by atoms with van der Waals surface area (Å²) >= 11 is 23.5. The number of carbonyl (C=O) groups excluding carboxylic acids is 1. The third-order valence-electron chi connectivity index (χ3n) is 4.52. The van der Waals surface area contributed by atoms with Gasteiger partial charge < -0.3 is 25.4 Å². The van der Waals surface area contributed by atoms with Crippen molar-refractivity contribution in [1.29, 1.82) is 0 Å². The number of ether oxygens (including phenoxy) is 2. The first-order chi connectivity index (χ1) is 14.5. The highest BCUT2D eigenvalue weighted by Gasteiger charge is 2.34. The third-order valence-corrected chi connectivity index (χ3v) is 5.39. The summed E-state index contributed by atoms with van der Waals surface area (Å²) < 4.78 is 8.64. The molecule has 0 saturated heterocycles. The van der Waals surface area contributed by atoms with Gasteiger partial charge in [0.25, 0.3) is 0 Å². The van der Waals surface area contributed by atoms with Crippen LogP contribution in [0.15, 0.2) is 36.4 Å². The second-order valence-electron chi connectivity index (χ2n) is 6.79. The molecule has 0 saturated carbocycles. The summed E-state index contributed by atoms with van der Waals surface area (Å²) in [6.45, 7) is 4.01. The Labute approximate surface area is 202 Å². The number of nitrogens with one attached hydrogen (secondary N) is 3. The van der Waals surface area contributed by atoms with Crippen LogP contribution in [0.3, 0.4) is 0 Å². The standard InChI is InChI=1S/C21H24Cl3N3O3S/c1-12-5-7-15(9-13(12)2)25-20(31)27-19(21(22,23)24)26-18(28)10-14-6-8-16(29-3)11-17(14)30-4/h5-9,11,19H,10H2,1-4H3,(H,26,28)(H2,25,27,31). The summed E-state index contributed by atoms with van der Waals surface area (Å²) in [6.07, 6.45) is -1.07. The fraction of sp³-hybridized carbons (Fsp3) is 0.333. The van der Waals surface area contributed by atoms with Gasteiger partial charge in [-0.1, -0.05) is 46.9 Å². The SMILES string of the molecule is COc1ccc(CC(=O)NC(NC(=S)Nc2ccc(C)c(C)c2)C(Cl)(Cl)Cl)c(OC)c1. The highest BCUT2D eigenvalue weighted by Crippen LogP contribution is 2.30. The van der Waals surface area contributed by atoms with E-state index in [4.69, 9.17) is 56.5 Å². The molecule has 1 unspecified atom stereocenters. The minimum Gasteiger partial charge on any atom is -0.497 e. The Kier molecular flexibility index (Phi) is 9.06. The Balaban J connectivity index is 2.06. The molecule has 0 aliphatic carbocycles. The summed E-state index contributed by atoms with van der Waals surface area (Å²) in [7, 11) is 3.06. The van der Waals surface area contributed by atoms with Gasteiger partial charge in [-0.3, -0.25) is 4.79 Å². The van der Waals surface area contributed by atoms with Crippen LogP contribution in [0.1, 0.15) is 16.7 Å². The molecule has 1 amide bonds. The van der Waals surface area contributed by atoms with E-state index in [0.717, 1.165) is 16.8 Å². The molecule has 0 aromatic heterocycles. The van der Waals surface area contributed by atoms with E-state index in [2.05, 4.69) is 16.0 Å². The van der Waals surface area contributed by atoms with E-state index >= 15 is 0 Å². The molecule has 0 heterocycles. The maximum Gasteiger partial charge on any atom is 0.228 e. The van der Waals surface area contributed by atoms with Crippen molar-refractivity contribution in [2.45, 2.75) is 30.2 Å². The lowest BCUT2D eigenvalue weighted by Crippen LogP contribution is -2.56. The number of aryl methyl sites for hydroxylation is 2. The molecular weight excluding hydrogens is 481 g/mol. The molecule has 0 spiro atoms.